The van der Waals surface area contributed by atoms with E-state index in [1.54, 1.807) is 36.8 Å². The van der Waals surface area contributed by atoms with Gasteiger partial charge < -0.3 is 24.3 Å². The molecule has 0 saturated heterocycles. The highest BCUT2D eigenvalue weighted by Crippen LogP contribution is 2.33. The summed E-state index contributed by atoms with van der Waals surface area (Å²) < 4.78 is 13.5. The monoisotopic (exact) mass is 676 g/mol. The predicted molar refractivity (Wildman–Crippen MR) is 203 cm³/mol. The van der Waals surface area contributed by atoms with Crippen molar-refractivity contribution in [3.05, 3.63) is 102 Å². The van der Waals surface area contributed by atoms with Crippen LogP contribution in [0.1, 0.15) is 81.4 Å². The number of fused-ring (bicyclic) bond motifs is 1. The van der Waals surface area contributed by atoms with Gasteiger partial charge in [-0.25, -0.2) is 4.98 Å². The number of ether oxygens (including phenoxy) is 2. The number of hydrogen-bond acceptors (Lipinski definition) is 6. The second-order valence-electron chi connectivity index (χ2n) is 13.4. The van der Waals surface area contributed by atoms with Crippen molar-refractivity contribution in [2.24, 2.45) is 5.92 Å². The molecule has 1 amide bonds. The molecule has 1 aromatic heterocycles. The zero-order valence-corrected chi connectivity index (χ0v) is 30.1. The number of imidazole rings is 1. The molecule has 50 heavy (non-hydrogen) atoms. The Labute approximate surface area is 297 Å². The number of amides is 1. The van der Waals surface area contributed by atoms with Crippen LogP contribution in [0, 0.1) is 5.92 Å². The van der Waals surface area contributed by atoms with Crippen molar-refractivity contribution in [1.29, 1.82) is 0 Å². The van der Waals surface area contributed by atoms with Gasteiger partial charge in [0.25, 0.3) is 5.91 Å². The molecule has 0 fully saturated rings. The summed E-state index contributed by atoms with van der Waals surface area (Å²) in [5.74, 6) is 1.22. The minimum Gasteiger partial charge on any atom is -0.491 e. The summed E-state index contributed by atoms with van der Waals surface area (Å²) in [4.78, 5) is 33.4. The van der Waals surface area contributed by atoms with Gasteiger partial charge in [0.1, 0.15) is 12.4 Å². The van der Waals surface area contributed by atoms with Crippen LogP contribution in [0.15, 0.2) is 84.8 Å². The van der Waals surface area contributed by atoms with Crippen LogP contribution in [-0.2, 0) is 22.5 Å². The van der Waals surface area contributed by atoms with Crippen molar-refractivity contribution in [3.8, 4) is 16.9 Å². The van der Waals surface area contributed by atoms with Gasteiger partial charge in [0.15, 0.2) is 5.78 Å². The molecular formula is C42H52N4O4. The van der Waals surface area contributed by atoms with E-state index in [0.717, 1.165) is 91.3 Å². The van der Waals surface area contributed by atoms with Crippen LogP contribution in [0.2, 0.25) is 0 Å². The summed E-state index contributed by atoms with van der Waals surface area (Å²) in [5, 5.41) is 3.09. The number of carbonyl (C=O) groups excluding carboxylic acids is 2. The maximum atomic E-state index is 13.7. The Hall–Kier alpha value is -4.69. The Bertz CT molecular complexity index is 1720. The molecule has 0 aliphatic carbocycles. The number of unbranched alkanes of at least 4 members (excludes halogenated alkanes) is 1. The lowest BCUT2D eigenvalue weighted by molar-refractivity contribution is -0.112. The number of hydrogen-bond donors (Lipinski definition) is 1. The van der Waals surface area contributed by atoms with E-state index in [0.29, 0.717) is 43.2 Å². The molecule has 0 radical (unpaired) electrons. The normalized spacial score (nSPS) is 14.0. The summed E-state index contributed by atoms with van der Waals surface area (Å²) in [5.41, 5.74) is 7.25. The highest BCUT2D eigenvalue weighted by Gasteiger charge is 2.20. The molecule has 1 N–H and O–H groups in total. The molecule has 0 bridgehead atoms. The molecule has 5 rings (SSSR count). The van der Waals surface area contributed by atoms with E-state index in [-0.39, 0.29) is 11.7 Å². The number of rotatable bonds is 17. The highest BCUT2D eigenvalue weighted by molar-refractivity contribution is 6.07. The predicted octanol–water partition coefficient (Wildman–Crippen LogP) is 8.86. The lowest BCUT2D eigenvalue weighted by atomic mass is 9.96. The molecule has 2 heterocycles. The topological polar surface area (TPSA) is 85.7 Å². The molecule has 1 aliphatic heterocycles. The molecule has 0 saturated carbocycles. The first-order valence-electron chi connectivity index (χ1n) is 18.2. The highest BCUT2D eigenvalue weighted by atomic mass is 16.5. The number of benzene rings is 3. The number of ketones is 1. The zero-order valence-electron chi connectivity index (χ0n) is 30.1. The third-order valence-electron chi connectivity index (χ3n) is 8.85. The molecule has 8 nitrogen and oxygen atoms in total. The van der Waals surface area contributed by atoms with Crippen molar-refractivity contribution in [2.45, 2.75) is 72.8 Å². The number of aryl methyl sites for hydroxylation is 1. The molecular weight excluding hydrogens is 624 g/mol. The van der Waals surface area contributed by atoms with Gasteiger partial charge >= 0.3 is 0 Å². The fourth-order valence-electron chi connectivity index (χ4n) is 6.25. The van der Waals surface area contributed by atoms with Crippen LogP contribution in [0.5, 0.6) is 5.75 Å². The standard InChI is InChI=1S/C42H52N4O4/c1-5-7-22-49-23-24-50-39-17-12-32(13-18-39)34-14-19-40-36(25-34)26-35(9-8-21-45(40)29-31(3)4)42(48)44-37-15-10-33(11-16-37)41(47)27-38-28-43-30-46(38)20-6-2/h10-19,25-26,28,30-31H,5-9,20-24,27,29H2,1-4H3,(H,44,48)/b35-26+. The Balaban J connectivity index is 1.30. The van der Waals surface area contributed by atoms with Gasteiger partial charge in [-0.1, -0.05) is 52.3 Å². The van der Waals surface area contributed by atoms with Crippen molar-refractivity contribution in [3.63, 3.8) is 0 Å². The SMILES string of the molecule is CCCCOCCOc1ccc(-c2ccc3c(c2)/C=C(/C(=O)Nc2ccc(C(=O)Cc4cncn4CCC)cc2)CCCN3CC(C)C)cc1. The summed E-state index contributed by atoms with van der Waals surface area (Å²) in [6.45, 7) is 13.3. The first-order valence-corrected chi connectivity index (χ1v) is 18.2. The first-order chi connectivity index (χ1) is 24.3. The average molecular weight is 677 g/mol. The third-order valence-corrected chi connectivity index (χ3v) is 8.85. The van der Waals surface area contributed by atoms with Crippen molar-refractivity contribution in [1.82, 2.24) is 9.55 Å². The van der Waals surface area contributed by atoms with Crippen LogP contribution in [0.25, 0.3) is 17.2 Å². The third kappa shape index (κ3) is 10.2. The second kappa shape index (κ2) is 18.3. The molecule has 1 aliphatic rings. The van der Waals surface area contributed by atoms with E-state index in [9.17, 15) is 9.59 Å². The minimum absolute atomic E-state index is 0.0244. The number of nitrogens with one attached hydrogen (secondary N) is 1. The lowest BCUT2D eigenvalue weighted by Crippen LogP contribution is -2.30. The van der Waals surface area contributed by atoms with Gasteiger partial charge in [0.2, 0.25) is 0 Å². The van der Waals surface area contributed by atoms with Crippen LogP contribution in [0.4, 0.5) is 11.4 Å². The summed E-state index contributed by atoms with van der Waals surface area (Å²) >= 11 is 0. The van der Waals surface area contributed by atoms with E-state index < -0.39 is 0 Å². The largest absolute Gasteiger partial charge is 0.491 e. The average Bonchev–Trinajstić information content (AvgIpc) is 3.54. The number of Topliss-reactive ketones (excluding diaryl/α,β-unsaturated/α-hetero) is 1. The quantitative estimate of drug-likeness (QED) is 0.0889. The number of nitrogens with zero attached hydrogens (tertiary/aromatic N) is 3. The van der Waals surface area contributed by atoms with Crippen molar-refractivity contribution >= 4 is 29.1 Å². The van der Waals surface area contributed by atoms with Crippen LogP contribution < -0.4 is 15.0 Å². The number of anilines is 2. The summed E-state index contributed by atoms with van der Waals surface area (Å²) in [6.07, 6.45) is 10.6. The molecule has 0 atom stereocenters. The smallest absolute Gasteiger partial charge is 0.251 e. The zero-order chi connectivity index (χ0) is 35.3. The molecule has 3 aromatic carbocycles. The molecule has 264 valence electrons. The lowest BCUT2D eigenvalue weighted by Gasteiger charge is -2.30. The van der Waals surface area contributed by atoms with Gasteiger partial charge in [-0.2, -0.15) is 0 Å². The summed E-state index contributed by atoms with van der Waals surface area (Å²) in [6, 6.07) is 21.9. The van der Waals surface area contributed by atoms with Crippen LogP contribution in [-0.4, -0.2) is 54.2 Å². The molecule has 4 aromatic rings. The molecule has 0 spiro atoms. The van der Waals surface area contributed by atoms with E-state index in [1.807, 2.05) is 22.8 Å². The van der Waals surface area contributed by atoms with Gasteiger partial charge in [0, 0.05) is 60.6 Å². The van der Waals surface area contributed by atoms with Crippen LogP contribution in [0.3, 0.4) is 0 Å². The van der Waals surface area contributed by atoms with E-state index >= 15 is 0 Å². The van der Waals surface area contributed by atoms with Crippen LogP contribution >= 0.6 is 0 Å². The Kier molecular flexibility index (Phi) is 13.4. The number of aromatic nitrogens is 2. The molecule has 8 heteroatoms. The summed E-state index contributed by atoms with van der Waals surface area (Å²) in [7, 11) is 0. The van der Waals surface area contributed by atoms with E-state index in [1.165, 1.54) is 0 Å². The Morgan fingerprint density at radius 3 is 2.44 bits per heavy atom. The first kappa shape index (κ1) is 36.6. The fourth-order valence-corrected chi connectivity index (χ4v) is 6.25. The molecule has 0 unspecified atom stereocenters. The fraction of sp³-hybridized carbons (Fsp3) is 0.405. The van der Waals surface area contributed by atoms with Gasteiger partial charge in [-0.3, -0.25) is 9.59 Å². The van der Waals surface area contributed by atoms with Crippen molar-refractivity contribution < 1.29 is 19.1 Å². The number of carbonyl (C=O) groups is 2. The Morgan fingerprint density at radius 2 is 1.70 bits per heavy atom. The maximum absolute atomic E-state index is 13.7. The van der Waals surface area contributed by atoms with Gasteiger partial charge in [-0.05, 0) is 103 Å². The minimum atomic E-state index is -0.124. The van der Waals surface area contributed by atoms with Gasteiger partial charge in [-0.15, -0.1) is 0 Å². The Morgan fingerprint density at radius 1 is 0.920 bits per heavy atom. The van der Waals surface area contributed by atoms with Crippen molar-refractivity contribution in [2.75, 3.05) is 43.1 Å². The van der Waals surface area contributed by atoms with Gasteiger partial charge in [0.05, 0.1) is 19.4 Å². The maximum Gasteiger partial charge on any atom is 0.251 e. The second-order valence-corrected chi connectivity index (χ2v) is 13.4. The van der Waals surface area contributed by atoms with E-state index in [4.69, 9.17) is 9.47 Å². The van der Waals surface area contributed by atoms with E-state index in [2.05, 4.69) is 73.2 Å².